The van der Waals surface area contributed by atoms with Crippen LogP contribution in [-0.2, 0) is 16.1 Å². The third kappa shape index (κ3) is 6.50. The number of likely N-dealkylation sites (N-methyl/N-ethyl adjacent to an activating group) is 1. The van der Waals surface area contributed by atoms with Crippen LogP contribution in [0.3, 0.4) is 0 Å². The molecule has 5 nitrogen and oxygen atoms in total. The molecule has 0 saturated heterocycles. The molecule has 21 heavy (non-hydrogen) atoms. The Bertz CT molecular complexity index is 494. The van der Waals surface area contributed by atoms with Gasteiger partial charge in [-0.15, -0.1) is 12.4 Å². The van der Waals surface area contributed by atoms with Gasteiger partial charge in [0.25, 0.3) is 0 Å². The highest BCUT2D eigenvalue weighted by atomic mass is 35.5. The first-order valence-electron chi connectivity index (χ1n) is 5.94. The van der Waals surface area contributed by atoms with Crippen molar-refractivity contribution < 1.29 is 23.5 Å². The molecule has 118 valence electrons. The molecule has 0 fully saturated rings. The second kappa shape index (κ2) is 8.53. The average molecular weight is 323 g/mol. The zero-order valence-electron chi connectivity index (χ0n) is 11.6. The zero-order chi connectivity index (χ0) is 15.3. The number of carbonyl (C=O) groups is 2. The molecule has 1 aromatic carbocycles. The normalized spacial score (nSPS) is 11.7. The molecule has 0 saturated carbocycles. The van der Waals surface area contributed by atoms with E-state index in [0.717, 1.165) is 18.2 Å². The fourth-order valence-electron chi connectivity index (χ4n) is 1.52. The molecule has 0 aliphatic rings. The van der Waals surface area contributed by atoms with E-state index in [4.69, 9.17) is 5.11 Å². The molecule has 0 aliphatic heterocycles. The van der Waals surface area contributed by atoms with Crippen molar-refractivity contribution in [2.45, 2.75) is 19.5 Å². The van der Waals surface area contributed by atoms with Crippen molar-refractivity contribution in [1.82, 2.24) is 10.2 Å². The van der Waals surface area contributed by atoms with E-state index < -0.39 is 29.6 Å². The number of hydrogen-bond acceptors (Lipinski definition) is 3. The molecule has 0 radical (unpaired) electrons. The second-order valence-corrected chi connectivity index (χ2v) is 4.48. The Morgan fingerprint density at radius 3 is 2.29 bits per heavy atom. The molecule has 8 heteroatoms. The Kier molecular flexibility index (Phi) is 7.83. The summed E-state index contributed by atoms with van der Waals surface area (Å²) in [6, 6.07) is 2.18. The molecule has 2 N–H and O–H groups in total. The van der Waals surface area contributed by atoms with Crippen LogP contribution in [0.15, 0.2) is 18.2 Å². The van der Waals surface area contributed by atoms with Crippen LogP contribution < -0.4 is 5.32 Å². The van der Waals surface area contributed by atoms with Gasteiger partial charge in [0.2, 0.25) is 5.91 Å². The second-order valence-electron chi connectivity index (χ2n) is 4.48. The third-order valence-corrected chi connectivity index (χ3v) is 2.82. The number of amides is 1. The first kappa shape index (κ1) is 19.3. The van der Waals surface area contributed by atoms with Crippen LogP contribution >= 0.6 is 12.4 Å². The van der Waals surface area contributed by atoms with E-state index in [1.165, 1.54) is 18.9 Å². The Labute approximate surface area is 127 Å². The van der Waals surface area contributed by atoms with Gasteiger partial charge in [-0.1, -0.05) is 0 Å². The van der Waals surface area contributed by atoms with Crippen LogP contribution in [0.5, 0.6) is 0 Å². The Morgan fingerprint density at radius 2 is 1.81 bits per heavy atom. The first-order valence-corrected chi connectivity index (χ1v) is 5.94. The monoisotopic (exact) mass is 322 g/mol. The van der Waals surface area contributed by atoms with Gasteiger partial charge in [-0.05, 0) is 31.7 Å². The molecule has 0 aliphatic carbocycles. The fourth-order valence-corrected chi connectivity index (χ4v) is 1.52. The lowest BCUT2D eigenvalue weighted by atomic mass is 10.2. The van der Waals surface area contributed by atoms with Crippen LogP contribution in [-0.4, -0.2) is 41.5 Å². The average Bonchev–Trinajstić information content (AvgIpc) is 2.34. The van der Waals surface area contributed by atoms with E-state index in [9.17, 15) is 18.4 Å². The fraction of sp³-hybridized carbons (Fsp3) is 0.385. The zero-order valence-corrected chi connectivity index (χ0v) is 12.4. The molecule has 0 bridgehead atoms. The molecule has 0 heterocycles. The summed E-state index contributed by atoms with van der Waals surface area (Å²) in [6.07, 6.45) is 0. The van der Waals surface area contributed by atoms with Gasteiger partial charge in [0.15, 0.2) is 0 Å². The van der Waals surface area contributed by atoms with Gasteiger partial charge in [0.1, 0.15) is 17.7 Å². The van der Waals surface area contributed by atoms with E-state index in [2.05, 4.69) is 5.32 Å². The summed E-state index contributed by atoms with van der Waals surface area (Å²) in [7, 11) is 1.50. The van der Waals surface area contributed by atoms with Gasteiger partial charge in [-0.2, -0.15) is 0 Å². The van der Waals surface area contributed by atoms with E-state index >= 15 is 0 Å². The number of carbonyl (C=O) groups excluding carboxylic acids is 1. The van der Waals surface area contributed by atoms with Gasteiger partial charge in [-0.3, -0.25) is 14.5 Å². The molecule has 1 amide bonds. The topological polar surface area (TPSA) is 69.6 Å². The number of rotatable bonds is 6. The molecule has 1 atom stereocenters. The third-order valence-electron chi connectivity index (χ3n) is 2.82. The van der Waals surface area contributed by atoms with Gasteiger partial charge >= 0.3 is 5.97 Å². The Hall–Kier alpha value is -1.73. The van der Waals surface area contributed by atoms with Crippen molar-refractivity contribution in [2.24, 2.45) is 0 Å². The summed E-state index contributed by atoms with van der Waals surface area (Å²) in [6.45, 7) is 1.31. The SMILES string of the molecule is CC(C(=O)O)N(C)CC(=O)NCc1cc(F)cc(F)c1.Cl. The first-order chi connectivity index (χ1) is 9.29. The summed E-state index contributed by atoms with van der Waals surface area (Å²) >= 11 is 0. The van der Waals surface area contributed by atoms with Crippen molar-refractivity contribution in [3.8, 4) is 0 Å². The lowest BCUT2D eigenvalue weighted by Crippen LogP contribution is -2.42. The van der Waals surface area contributed by atoms with E-state index in [-0.39, 0.29) is 25.5 Å². The summed E-state index contributed by atoms with van der Waals surface area (Å²) in [4.78, 5) is 23.7. The van der Waals surface area contributed by atoms with Crippen molar-refractivity contribution in [3.63, 3.8) is 0 Å². The quantitative estimate of drug-likeness (QED) is 0.831. The molecular formula is C13H17ClF2N2O3. The molecule has 1 aromatic rings. The Balaban J connectivity index is 0.00000400. The van der Waals surface area contributed by atoms with Crippen molar-refractivity contribution in [2.75, 3.05) is 13.6 Å². The van der Waals surface area contributed by atoms with Crippen LogP contribution in [0, 0.1) is 11.6 Å². The Morgan fingerprint density at radius 1 is 1.29 bits per heavy atom. The van der Waals surface area contributed by atoms with Crippen molar-refractivity contribution in [1.29, 1.82) is 0 Å². The van der Waals surface area contributed by atoms with Crippen LogP contribution in [0.1, 0.15) is 12.5 Å². The lowest BCUT2D eigenvalue weighted by Gasteiger charge is -2.20. The van der Waals surface area contributed by atoms with E-state index in [1.54, 1.807) is 0 Å². The standard InChI is InChI=1S/C13H16F2N2O3.ClH/c1-8(13(19)20)17(2)7-12(18)16-6-9-3-10(14)5-11(15)4-9;/h3-5,8H,6-7H2,1-2H3,(H,16,18)(H,19,20);1H. The molecule has 0 aromatic heterocycles. The number of aliphatic carboxylic acids is 1. The minimum atomic E-state index is -1.03. The van der Waals surface area contributed by atoms with Crippen LogP contribution in [0.2, 0.25) is 0 Å². The summed E-state index contributed by atoms with van der Waals surface area (Å²) in [5.41, 5.74) is 0.296. The maximum absolute atomic E-state index is 12.9. The molecule has 0 spiro atoms. The number of hydrogen-bond donors (Lipinski definition) is 2. The van der Waals surface area contributed by atoms with E-state index in [1.807, 2.05) is 0 Å². The van der Waals surface area contributed by atoms with Gasteiger partial charge < -0.3 is 10.4 Å². The predicted molar refractivity (Wildman–Crippen MR) is 75.2 cm³/mol. The number of carboxylic acids is 1. The molecule has 1 rings (SSSR count). The number of benzene rings is 1. The summed E-state index contributed by atoms with van der Waals surface area (Å²) < 4.78 is 25.9. The number of carboxylic acid groups (broad SMARTS) is 1. The lowest BCUT2D eigenvalue weighted by molar-refractivity contribution is -0.142. The number of halogens is 3. The van der Waals surface area contributed by atoms with Crippen LogP contribution in [0.4, 0.5) is 8.78 Å². The highest BCUT2D eigenvalue weighted by Crippen LogP contribution is 2.07. The molecule has 1 unspecified atom stereocenters. The molecular weight excluding hydrogens is 306 g/mol. The maximum atomic E-state index is 12.9. The van der Waals surface area contributed by atoms with Crippen molar-refractivity contribution in [3.05, 3.63) is 35.4 Å². The summed E-state index contributed by atoms with van der Waals surface area (Å²) in [5, 5.41) is 11.2. The number of nitrogens with one attached hydrogen (secondary N) is 1. The smallest absolute Gasteiger partial charge is 0.320 e. The van der Waals surface area contributed by atoms with Gasteiger partial charge in [0.05, 0.1) is 6.54 Å². The number of nitrogens with zero attached hydrogens (tertiary/aromatic N) is 1. The highest BCUT2D eigenvalue weighted by Gasteiger charge is 2.18. The minimum absolute atomic E-state index is 0. The minimum Gasteiger partial charge on any atom is -0.480 e. The summed E-state index contributed by atoms with van der Waals surface area (Å²) in [5.74, 6) is -2.89. The van der Waals surface area contributed by atoms with E-state index in [0.29, 0.717) is 5.56 Å². The highest BCUT2D eigenvalue weighted by molar-refractivity contribution is 5.85. The van der Waals surface area contributed by atoms with Crippen LogP contribution in [0.25, 0.3) is 0 Å². The largest absolute Gasteiger partial charge is 0.480 e. The van der Waals surface area contributed by atoms with Gasteiger partial charge in [-0.25, -0.2) is 8.78 Å². The van der Waals surface area contributed by atoms with Crippen molar-refractivity contribution >= 4 is 24.3 Å². The maximum Gasteiger partial charge on any atom is 0.320 e. The predicted octanol–water partition coefficient (Wildman–Crippen LogP) is 1.41. The van der Waals surface area contributed by atoms with Gasteiger partial charge in [0, 0.05) is 12.6 Å².